The molecule has 2 unspecified atom stereocenters. The Bertz CT molecular complexity index is 791. The van der Waals surface area contributed by atoms with Gasteiger partial charge in [-0.2, -0.15) is 0 Å². The quantitative estimate of drug-likeness (QED) is 0.726. The maximum atomic E-state index is 12.7. The van der Waals surface area contributed by atoms with Crippen molar-refractivity contribution in [3.05, 3.63) is 64.7 Å². The Morgan fingerprint density at radius 1 is 1.29 bits per heavy atom. The van der Waals surface area contributed by atoms with Gasteiger partial charge in [-0.3, -0.25) is 4.79 Å². The van der Waals surface area contributed by atoms with Crippen LogP contribution in [0.15, 0.2) is 48.5 Å². The Balaban J connectivity index is 1.60. The van der Waals surface area contributed by atoms with Gasteiger partial charge in [0, 0.05) is 23.7 Å². The van der Waals surface area contributed by atoms with E-state index in [-0.39, 0.29) is 18.1 Å². The van der Waals surface area contributed by atoms with Gasteiger partial charge in [0.15, 0.2) is 0 Å². The van der Waals surface area contributed by atoms with Crippen molar-refractivity contribution in [2.75, 3.05) is 33.9 Å². The number of rotatable bonds is 8. The SMILES string of the molecule is CN(C)C(CNC(=O)c1cccc(OCC2CCCO2)c1)c1ccccc1Cl. The molecule has 5 nitrogen and oxygen atoms in total. The molecule has 6 heteroatoms. The van der Waals surface area contributed by atoms with Crippen LogP contribution in [0.25, 0.3) is 0 Å². The molecule has 0 aliphatic carbocycles. The van der Waals surface area contributed by atoms with Crippen LogP contribution in [0.3, 0.4) is 0 Å². The zero-order valence-electron chi connectivity index (χ0n) is 16.4. The smallest absolute Gasteiger partial charge is 0.251 e. The lowest BCUT2D eigenvalue weighted by Crippen LogP contribution is -2.34. The number of hydrogen-bond donors (Lipinski definition) is 1. The van der Waals surface area contributed by atoms with Gasteiger partial charge in [0.1, 0.15) is 12.4 Å². The lowest BCUT2D eigenvalue weighted by Gasteiger charge is -2.26. The highest BCUT2D eigenvalue weighted by Gasteiger charge is 2.19. The second kappa shape index (κ2) is 9.92. The number of amides is 1. The number of carbonyl (C=O) groups excluding carboxylic acids is 1. The molecule has 0 aromatic heterocycles. The van der Waals surface area contributed by atoms with Gasteiger partial charge in [0.25, 0.3) is 5.91 Å². The van der Waals surface area contributed by atoms with Crippen LogP contribution < -0.4 is 10.1 Å². The largest absolute Gasteiger partial charge is 0.491 e. The highest BCUT2D eigenvalue weighted by Crippen LogP contribution is 2.25. The Hall–Kier alpha value is -2.08. The molecule has 2 aromatic carbocycles. The second-order valence-electron chi connectivity index (χ2n) is 7.18. The van der Waals surface area contributed by atoms with E-state index >= 15 is 0 Å². The first-order valence-electron chi connectivity index (χ1n) is 9.58. The van der Waals surface area contributed by atoms with Crippen LogP contribution in [-0.2, 0) is 4.74 Å². The summed E-state index contributed by atoms with van der Waals surface area (Å²) in [5, 5.41) is 3.71. The summed E-state index contributed by atoms with van der Waals surface area (Å²) in [7, 11) is 3.94. The summed E-state index contributed by atoms with van der Waals surface area (Å²) in [6, 6.07) is 14.9. The van der Waals surface area contributed by atoms with Gasteiger partial charge >= 0.3 is 0 Å². The highest BCUT2D eigenvalue weighted by atomic mass is 35.5. The summed E-state index contributed by atoms with van der Waals surface area (Å²) in [4.78, 5) is 14.7. The lowest BCUT2D eigenvalue weighted by atomic mass is 10.1. The van der Waals surface area contributed by atoms with Crippen LogP contribution in [0.1, 0.15) is 34.8 Å². The van der Waals surface area contributed by atoms with E-state index in [0.717, 1.165) is 25.0 Å². The number of halogens is 1. The molecule has 1 fully saturated rings. The second-order valence-corrected chi connectivity index (χ2v) is 7.59. The van der Waals surface area contributed by atoms with Gasteiger partial charge in [-0.15, -0.1) is 0 Å². The normalized spacial score (nSPS) is 17.5. The molecule has 150 valence electrons. The minimum absolute atomic E-state index is 0.0170. The molecular weight excluding hydrogens is 376 g/mol. The van der Waals surface area contributed by atoms with Crippen molar-refractivity contribution >= 4 is 17.5 Å². The predicted molar refractivity (Wildman–Crippen MR) is 111 cm³/mol. The molecule has 3 rings (SSSR count). The Morgan fingerprint density at radius 2 is 2.11 bits per heavy atom. The summed E-state index contributed by atoms with van der Waals surface area (Å²) in [6.07, 6.45) is 2.25. The molecule has 1 amide bonds. The van der Waals surface area contributed by atoms with Crippen LogP contribution >= 0.6 is 11.6 Å². The van der Waals surface area contributed by atoms with Gasteiger partial charge in [-0.05, 0) is 56.8 Å². The first-order chi connectivity index (χ1) is 13.5. The van der Waals surface area contributed by atoms with E-state index in [4.69, 9.17) is 21.1 Å². The molecule has 0 radical (unpaired) electrons. The number of hydrogen-bond acceptors (Lipinski definition) is 4. The molecule has 1 N–H and O–H groups in total. The topological polar surface area (TPSA) is 50.8 Å². The fourth-order valence-electron chi connectivity index (χ4n) is 3.30. The molecule has 28 heavy (non-hydrogen) atoms. The van der Waals surface area contributed by atoms with E-state index in [1.54, 1.807) is 12.1 Å². The Morgan fingerprint density at radius 3 is 2.82 bits per heavy atom. The number of ether oxygens (including phenoxy) is 2. The van der Waals surface area contributed by atoms with Gasteiger partial charge in [0.2, 0.25) is 0 Å². The molecule has 2 atom stereocenters. The lowest BCUT2D eigenvalue weighted by molar-refractivity contribution is 0.0679. The van der Waals surface area contributed by atoms with Crippen LogP contribution in [-0.4, -0.2) is 50.8 Å². The van der Waals surface area contributed by atoms with Crippen molar-refractivity contribution in [2.24, 2.45) is 0 Å². The summed E-state index contributed by atoms with van der Waals surface area (Å²) in [6.45, 7) is 1.77. The first-order valence-corrected chi connectivity index (χ1v) is 9.96. The fraction of sp³-hybridized carbons (Fsp3) is 0.409. The van der Waals surface area contributed by atoms with Crippen molar-refractivity contribution < 1.29 is 14.3 Å². The van der Waals surface area contributed by atoms with Gasteiger partial charge in [-0.25, -0.2) is 0 Å². The molecule has 0 spiro atoms. The third-order valence-corrected chi connectivity index (χ3v) is 5.24. The van der Waals surface area contributed by atoms with E-state index in [1.165, 1.54) is 0 Å². The third-order valence-electron chi connectivity index (χ3n) is 4.90. The number of benzene rings is 2. The summed E-state index contributed by atoms with van der Waals surface area (Å²) >= 11 is 6.34. The first kappa shape index (κ1) is 20.6. The molecule has 0 bridgehead atoms. The van der Waals surface area contributed by atoms with Gasteiger partial charge in [0.05, 0.1) is 12.1 Å². The van der Waals surface area contributed by atoms with Gasteiger partial charge in [-0.1, -0.05) is 35.9 Å². The van der Waals surface area contributed by atoms with Crippen molar-refractivity contribution in [1.82, 2.24) is 10.2 Å². The molecule has 1 aliphatic heterocycles. The standard InChI is InChI=1S/C22H27ClN2O3/c1-25(2)21(19-10-3-4-11-20(19)23)14-24-22(26)16-7-5-8-17(13-16)28-15-18-9-6-12-27-18/h3-5,7-8,10-11,13,18,21H,6,9,12,14-15H2,1-2H3,(H,24,26). The number of nitrogens with zero attached hydrogens (tertiary/aromatic N) is 1. The molecule has 0 saturated carbocycles. The highest BCUT2D eigenvalue weighted by molar-refractivity contribution is 6.31. The summed E-state index contributed by atoms with van der Waals surface area (Å²) < 4.78 is 11.4. The zero-order chi connectivity index (χ0) is 19.9. The monoisotopic (exact) mass is 402 g/mol. The fourth-order valence-corrected chi connectivity index (χ4v) is 3.56. The van der Waals surface area contributed by atoms with E-state index < -0.39 is 0 Å². The Labute approximate surface area is 171 Å². The van der Waals surface area contributed by atoms with Crippen LogP contribution in [0.5, 0.6) is 5.75 Å². The average molecular weight is 403 g/mol. The average Bonchev–Trinajstić information content (AvgIpc) is 3.21. The Kier molecular flexibility index (Phi) is 7.31. The van der Waals surface area contributed by atoms with E-state index in [0.29, 0.717) is 29.5 Å². The molecule has 1 saturated heterocycles. The number of likely N-dealkylation sites (N-methyl/N-ethyl adjacent to an activating group) is 1. The van der Waals surface area contributed by atoms with Crippen molar-refractivity contribution in [3.8, 4) is 5.75 Å². The van der Waals surface area contributed by atoms with E-state index in [9.17, 15) is 4.79 Å². The molecular formula is C22H27ClN2O3. The third kappa shape index (κ3) is 5.47. The summed E-state index contributed by atoms with van der Waals surface area (Å²) in [5.41, 5.74) is 1.56. The maximum Gasteiger partial charge on any atom is 0.251 e. The van der Waals surface area contributed by atoms with E-state index in [2.05, 4.69) is 5.32 Å². The predicted octanol–water partition coefficient (Wildman–Crippen LogP) is 3.93. The molecule has 1 aliphatic rings. The molecule has 1 heterocycles. The summed E-state index contributed by atoms with van der Waals surface area (Å²) in [5.74, 6) is 0.542. The maximum absolute atomic E-state index is 12.7. The van der Waals surface area contributed by atoms with Crippen LogP contribution in [0.2, 0.25) is 5.02 Å². The minimum Gasteiger partial charge on any atom is -0.491 e. The van der Waals surface area contributed by atoms with E-state index in [1.807, 2.05) is 55.4 Å². The zero-order valence-corrected chi connectivity index (χ0v) is 17.1. The number of nitrogens with one attached hydrogen (secondary N) is 1. The van der Waals surface area contributed by atoms with Crippen molar-refractivity contribution in [2.45, 2.75) is 25.0 Å². The van der Waals surface area contributed by atoms with Crippen LogP contribution in [0.4, 0.5) is 0 Å². The van der Waals surface area contributed by atoms with Crippen molar-refractivity contribution in [3.63, 3.8) is 0 Å². The molecule has 2 aromatic rings. The van der Waals surface area contributed by atoms with Gasteiger partial charge < -0.3 is 19.7 Å². The van der Waals surface area contributed by atoms with Crippen LogP contribution in [0, 0.1) is 0 Å². The minimum atomic E-state index is -0.138. The van der Waals surface area contributed by atoms with Crippen molar-refractivity contribution in [1.29, 1.82) is 0 Å². The number of carbonyl (C=O) groups is 1.